The first-order valence-electron chi connectivity index (χ1n) is 23.1. The molecule has 0 spiro atoms. The average Bonchev–Trinajstić information content (AvgIpc) is 3.29. The Morgan fingerprint density at radius 2 is 1.16 bits per heavy atom. The van der Waals surface area contributed by atoms with Crippen LogP contribution in [0.15, 0.2) is 70.5 Å². The molecule has 7 rings (SSSR count). The molecule has 0 aliphatic carbocycles. The molecular weight excluding hydrogens is 884 g/mol. The van der Waals surface area contributed by atoms with E-state index < -0.39 is 16.8 Å². The summed E-state index contributed by atoms with van der Waals surface area (Å²) in [7, 11) is 0. The van der Waals surface area contributed by atoms with Crippen molar-refractivity contribution in [2.24, 2.45) is 0 Å². The Labute approximate surface area is 396 Å². The summed E-state index contributed by atoms with van der Waals surface area (Å²) in [6.07, 6.45) is 7.66. The van der Waals surface area contributed by atoms with Gasteiger partial charge in [-0.3, -0.25) is 9.59 Å². The third kappa shape index (κ3) is 13.8. The van der Waals surface area contributed by atoms with Gasteiger partial charge in [-0.05, 0) is 104 Å². The van der Waals surface area contributed by atoms with E-state index in [0.717, 1.165) is 38.5 Å². The first-order valence-corrected chi connectivity index (χ1v) is 23.5. The van der Waals surface area contributed by atoms with Crippen LogP contribution in [0.2, 0.25) is 5.02 Å². The fourth-order valence-electron chi connectivity index (χ4n) is 7.51. The molecule has 4 aromatic rings. The van der Waals surface area contributed by atoms with Gasteiger partial charge in [-0.25, -0.2) is 9.59 Å². The molecule has 2 amide bonds. The van der Waals surface area contributed by atoms with Crippen LogP contribution >= 0.6 is 11.6 Å². The number of hydrogen-bond acceptors (Lipinski definition) is 14. The molecule has 2 fully saturated rings. The lowest BCUT2D eigenvalue weighted by molar-refractivity contribution is 0.0230. The maximum Gasteiger partial charge on any atom is 0.410 e. The van der Waals surface area contributed by atoms with Crippen molar-refractivity contribution >= 4 is 35.2 Å². The largest absolute Gasteiger partial charge is 0.491 e. The molecule has 364 valence electrons. The van der Waals surface area contributed by atoms with Gasteiger partial charge in [0.05, 0.1) is 37.9 Å². The van der Waals surface area contributed by atoms with Crippen molar-refractivity contribution < 1.29 is 38.4 Å². The van der Waals surface area contributed by atoms with Crippen molar-refractivity contribution in [1.29, 1.82) is 0 Å². The summed E-state index contributed by atoms with van der Waals surface area (Å²) >= 11 is 6.50. The van der Waals surface area contributed by atoms with E-state index in [0.29, 0.717) is 106 Å². The Balaban J connectivity index is 0.000000221. The van der Waals surface area contributed by atoms with Gasteiger partial charge in [0.1, 0.15) is 44.8 Å². The van der Waals surface area contributed by atoms with Crippen LogP contribution in [0.1, 0.15) is 80.1 Å². The minimum Gasteiger partial charge on any atom is -0.491 e. The molecule has 18 nitrogen and oxygen atoms in total. The summed E-state index contributed by atoms with van der Waals surface area (Å²) in [4.78, 5) is 58.6. The second-order valence-corrected chi connectivity index (χ2v) is 18.7. The minimum atomic E-state index is -0.550. The van der Waals surface area contributed by atoms with E-state index in [4.69, 9.17) is 40.4 Å². The quantitative estimate of drug-likeness (QED) is 0.175. The average molecular weight is 950 g/mol. The highest BCUT2D eigenvalue weighted by molar-refractivity contribution is 6.33. The number of halogens is 1. The molecule has 0 radical (unpaired) electrons. The summed E-state index contributed by atoms with van der Waals surface area (Å²) in [5, 5.41) is 17.8. The fraction of sp³-hybridized carbons (Fsp3) is 0.542. The van der Waals surface area contributed by atoms with Crippen molar-refractivity contribution in [3.8, 4) is 28.6 Å². The molecule has 19 heteroatoms. The van der Waals surface area contributed by atoms with E-state index in [2.05, 4.69) is 10.2 Å². The number of aliphatic hydroxyl groups excluding tert-OH is 1. The van der Waals surface area contributed by atoms with Crippen molar-refractivity contribution in [2.45, 2.75) is 91.3 Å². The van der Waals surface area contributed by atoms with Crippen molar-refractivity contribution in [1.82, 2.24) is 29.4 Å². The number of benzene rings is 2. The molecule has 0 saturated carbocycles. The van der Waals surface area contributed by atoms with Gasteiger partial charge in [-0.2, -0.15) is 19.6 Å². The zero-order valence-corrected chi connectivity index (χ0v) is 40.3. The van der Waals surface area contributed by atoms with Gasteiger partial charge in [0, 0.05) is 59.0 Å². The van der Waals surface area contributed by atoms with Crippen LogP contribution < -0.4 is 35.1 Å². The van der Waals surface area contributed by atoms with E-state index in [1.165, 1.54) is 9.36 Å². The number of anilines is 2. The Kier molecular flexibility index (Phi) is 17.4. The summed E-state index contributed by atoms with van der Waals surface area (Å²) in [6.45, 7) is 16.8. The highest BCUT2D eigenvalue weighted by Gasteiger charge is 2.30. The van der Waals surface area contributed by atoms with Crippen LogP contribution in [0.3, 0.4) is 0 Å². The molecule has 2 aromatic heterocycles. The Bertz CT molecular complexity index is 2400. The molecule has 3 aliphatic rings. The molecule has 5 heterocycles. The lowest BCUT2D eigenvalue weighted by Gasteiger charge is -2.37. The number of para-hydroxylation sites is 4. The normalized spacial score (nSPS) is 15.6. The molecule has 67 heavy (non-hydrogen) atoms. The number of hydrogen-bond donors (Lipinski definition) is 1. The number of nitrogens with zero attached hydrogens (tertiary/aromatic N) is 8. The van der Waals surface area contributed by atoms with Crippen LogP contribution in [0.5, 0.6) is 17.2 Å². The number of rotatable bonds is 9. The molecule has 2 bridgehead atoms. The minimum absolute atomic E-state index is 0.0680. The van der Waals surface area contributed by atoms with Crippen LogP contribution in [0, 0.1) is 0 Å². The monoisotopic (exact) mass is 948 g/mol. The lowest BCUT2D eigenvalue weighted by Crippen LogP contribution is -2.50. The highest BCUT2D eigenvalue weighted by atomic mass is 35.5. The van der Waals surface area contributed by atoms with Crippen LogP contribution in [-0.2, 0) is 9.47 Å². The number of aliphatic hydroxyl groups is 1. The van der Waals surface area contributed by atoms with E-state index in [-0.39, 0.29) is 35.1 Å². The van der Waals surface area contributed by atoms with Crippen LogP contribution in [0.4, 0.5) is 21.0 Å². The summed E-state index contributed by atoms with van der Waals surface area (Å²) in [5.41, 5.74) is 0.443. The summed E-state index contributed by atoms with van der Waals surface area (Å²) < 4.78 is 31.3. The van der Waals surface area contributed by atoms with Crippen LogP contribution in [-0.4, -0.2) is 137 Å². The van der Waals surface area contributed by atoms with Crippen molar-refractivity contribution in [3.05, 3.63) is 86.7 Å². The third-order valence-corrected chi connectivity index (χ3v) is 11.3. The standard InChI is InChI=1S/C24H33ClN4O5.C24H32N4O5/c1-24(2,3)34-23(32)28-13-11-27(12-14-28)19-17-26-29(22(31)21(19)25)18-9-5-6-10-20(18)33-16-8-4-7-15-30;1-24(2,3)33-23(30)27-13-11-26(12-14-27)19-17-25-28-18-9-5-6-10-20(18)31-15-7-4-8-16-32-21(19)22(28)29/h5-6,9-10,17,30H,4,7-8,11-16H2,1-3H3;5-6,9-10,17H,4,7-8,11-16H2,1-3H3. The topological polar surface area (TPSA) is 183 Å². The Morgan fingerprint density at radius 3 is 1.76 bits per heavy atom. The molecule has 2 aromatic carbocycles. The van der Waals surface area contributed by atoms with E-state index in [1.54, 1.807) is 40.4 Å². The molecule has 3 aliphatic heterocycles. The van der Waals surface area contributed by atoms with E-state index in [1.807, 2.05) is 81.7 Å². The predicted octanol–water partition coefficient (Wildman–Crippen LogP) is 6.72. The maximum atomic E-state index is 13.5. The number of unbranched alkanes of at least 4 members (excludes halogenated alkanes) is 2. The second-order valence-electron chi connectivity index (χ2n) is 18.4. The predicted molar refractivity (Wildman–Crippen MR) is 256 cm³/mol. The number of carbonyl (C=O) groups is 2. The van der Waals surface area contributed by atoms with Crippen molar-refractivity contribution in [2.75, 3.05) is 88.6 Å². The van der Waals surface area contributed by atoms with Gasteiger partial charge in [0.2, 0.25) is 5.75 Å². The molecule has 2 saturated heterocycles. The number of piperazine rings is 2. The van der Waals surface area contributed by atoms with Crippen LogP contribution in [0.25, 0.3) is 11.4 Å². The van der Waals surface area contributed by atoms with E-state index >= 15 is 0 Å². The zero-order chi connectivity index (χ0) is 48.1. The first-order chi connectivity index (χ1) is 32.0. The summed E-state index contributed by atoms with van der Waals surface area (Å²) in [5.74, 6) is 1.44. The van der Waals surface area contributed by atoms with Gasteiger partial charge in [-0.15, -0.1) is 0 Å². The number of aromatic nitrogens is 4. The van der Waals surface area contributed by atoms with E-state index in [9.17, 15) is 19.2 Å². The SMILES string of the molecule is CC(C)(C)OC(=O)N1CCN(c2cnn(-c3ccccc3OCCCCCO)c(=O)c2Cl)CC1.CC(C)(C)OC(=O)N1CCN(c2cnn3c(=O)c2OCCCCCOc2ccccc2-3)CC1. The number of ether oxygens (including phenoxy) is 5. The van der Waals surface area contributed by atoms with Gasteiger partial charge in [0.15, 0.2) is 0 Å². The third-order valence-electron chi connectivity index (χ3n) is 10.9. The molecule has 1 N–H and O–H groups in total. The lowest BCUT2D eigenvalue weighted by atomic mass is 10.2. The smallest absolute Gasteiger partial charge is 0.410 e. The van der Waals surface area contributed by atoms with Crippen molar-refractivity contribution in [3.63, 3.8) is 0 Å². The molecule has 0 unspecified atom stereocenters. The first kappa shape index (κ1) is 50.4. The fourth-order valence-corrected chi connectivity index (χ4v) is 7.76. The Morgan fingerprint density at radius 1 is 0.642 bits per heavy atom. The van der Waals surface area contributed by atoms with Gasteiger partial charge < -0.3 is 48.4 Å². The Hall–Kier alpha value is -6.01. The number of amides is 2. The molecule has 0 atom stereocenters. The second kappa shape index (κ2) is 23.1. The van der Waals surface area contributed by atoms with Gasteiger partial charge in [-0.1, -0.05) is 35.9 Å². The number of fused-ring (bicyclic) bond motifs is 4. The zero-order valence-electron chi connectivity index (χ0n) is 39.6. The van der Waals surface area contributed by atoms with Gasteiger partial charge >= 0.3 is 17.7 Å². The number of carbonyl (C=O) groups excluding carboxylic acids is 2. The highest BCUT2D eigenvalue weighted by Crippen LogP contribution is 2.30. The molecular formula is C48H65ClN8O10. The summed E-state index contributed by atoms with van der Waals surface area (Å²) in [6, 6.07) is 14.6. The maximum absolute atomic E-state index is 13.5. The van der Waals surface area contributed by atoms with Gasteiger partial charge in [0.25, 0.3) is 5.56 Å².